The van der Waals surface area contributed by atoms with Crippen LogP contribution in [-0.2, 0) is 22.4 Å². The summed E-state index contributed by atoms with van der Waals surface area (Å²) in [6.45, 7) is 2.36. The highest BCUT2D eigenvalue weighted by Gasteiger charge is 2.47. The highest BCUT2D eigenvalue weighted by molar-refractivity contribution is 7.22. The molecule has 0 spiro atoms. The monoisotopic (exact) mass is 380 g/mol. The zero-order chi connectivity index (χ0) is 19.0. The van der Waals surface area contributed by atoms with Gasteiger partial charge in [-0.2, -0.15) is 0 Å². The molecule has 6 heteroatoms. The molecule has 0 unspecified atom stereocenters. The number of thiazole rings is 1. The number of anilines is 1. The van der Waals surface area contributed by atoms with Crippen LogP contribution in [0.25, 0.3) is 10.2 Å². The summed E-state index contributed by atoms with van der Waals surface area (Å²) < 4.78 is 1.01. The van der Waals surface area contributed by atoms with Crippen molar-refractivity contribution in [2.45, 2.75) is 26.2 Å². The molecule has 27 heavy (non-hydrogen) atoms. The Labute approximate surface area is 161 Å². The lowest BCUT2D eigenvalue weighted by atomic mass is 9.80. The van der Waals surface area contributed by atoms with Crippen LogP contribution in [-0.4, -0.2) is 28.5 Å². The van der Waals surface area contributed by atoms with Crippen molar-refractivity contribution in [1.82, 2.24) is 4.98 Å². The Morgan fingerprint density at radius 1 is 1.11 bits per heavy atom. The van der Waals surface area contributed by atoms with Crippen LogP contribution in [0.3, 0.4) is 0 Å². The highest BCUT2D eigenvalue weighted by atomic mass is 32.1. The van der Waals surface area contributed by atoms with Gasteiger partial charge in [0.1, 0.15) is 0 Å². The molecule has 1 aromatic heterocycles. The Morgan fingerprint density at radius 3 is 2.33 bits per heavy atom. The number of carboxylic acids is 1. The molecule has 0 fully saturated rings. The number of para-hydroxylation sites is 1. The number of aliphatic carboxylic acids is 1. The molecule has 0 bridgehead atoms. The number of benzene rings is 2. The van der Waals surface area contributed by atoms with Gasteiger partial charge in [0.15, 0.2) is 5.13 Å². The third-order valence-electron chi connectivity index (χ3n) is 5.19. The maximum absolute atomic E-state index is 13.6. The van der Waals surface area contributed by atoms with Gasteiger partial charge in [0.25, 0.3) is 0 Å². The van der Waals surface area contributed by atoms with E-state index in [4.69, 9.17) is 0 Å². The number of hydrogen-bond donors (Lipinski definition) is 1. The van der Waals surface area contributed by atoms with Crippen molar-refractivity contribution in [2.75, 3.05) is 11.4 Å². The van der Waals surface area contributed by atoms with Crippen LogP contribution in [0.1, 0.15) is 24.5 Å². The van der Waals surface area contributed by atoms with Gasteiger partial charge in [-0.3, -0.25) is 14.5 Å². The van der Waals surface area contributed by atoms with Crippen LogP contribution in [0.5, 0.6) is 0 Å². The van der Waals surface area contributed by atoms with Crippen LogP contribution in [0, 0.1) is 5.41 Å². The predicted molar refractivity (Wildman–Crippen MR) is 106 cm³/mol. The molecule has 4 rings (SSSR count). The van der Waals surface area contributed by atoms with Gasteiger partial charge in [-0.25, -0.2) is 4.98 Å². The second kappa shape index (κ2) is 6.78. The van der Waals surface area contributed by atoms with Gasteiger partial charge in [-0.05, 0) is 43.0 Å². The Bertz CT molecular complexity index is 969. The first-order valence-electron chi connectivity index (χ1n) is 8.98. The van der Waals surface area contributed by atoms with E-state index in [1.165, 1.54) is 11.3 Å². The van der Waals surface area contributed by atoms with E-state index < -0.39 is 11.4 Å². The summed E-state index contributed by atoms with van der Waals surface area (Å²) in [5, 5.41) is 10.2. The number of carbonyl (C=O) groups excluding carboxylic acids is 1. The topological polar surface area (TPSA) is 70.5 Å². The Balaban J connectivity index is 1.73. The number of carbonyl (C=O) groups is 2. The normalized spacial score (nSPS) is 14.9. The van der Waals surface area contributed by atoms with Crippen LogP contribution >= 0.6 is 11.3 Å². The van der Waals surface area contributed by atoms with E-state index in [0.717, 1.165) is 21.3 Å². The summed E-state index contributed by atoms with van der Waals surface area (Å²) >= 11 is 1.47. The van der Waals surface area contributed by atoms with Crippen molar-refractivity contribution in [3.8, 4) is 0 Å². The summed E-state index contributed by atoms with van der Waals surface area (Å²) in [4.78, 5) is 31.5. The van der Waals surface area contributed by atoms with Crippen molar-refractivity contribution in [2.24, 2.45) is 5.41 Å². The minimum Gasteiger partial charge on any atom is -0.481 e. The molecule has 1 aliphatic rings. The number of fused-ring (bicyclic) bond motifs is 2. The lowest BCUT2D eigenvalue weighted by Gasteiger charge is -2.31. The molecule has 0 aliphatic heterocycles. The molecule has 1 heterocycles. The number of aromatic nitrogens is 1. The number of carboxylic acid groups (broad SMARTS) is 1. The minimum atomic E-state index is -0.955. The van der Waals surface area contributed by atoms with E-state index in [9.17, 15) is 14.7 Å². The predicted octanol–water partition coefficient (Wildman–Crippen LogP) is 3.91. The first-order chi connectivity index (χ1) is 13.0. The summed E-state index contributed by atoms with van der Waals surface area (Å²) in [5.74, 6) is -1.10. The van der Waals surface area contributed by atoms with Gasteiger partial charge in [0.05, 0.1) is 22.1 Å². The fourth-order valence-corrected chi connectivity index (χ4v) is 4.99. The molecule has 0 saturated carbocycles. The molecular weight excluding hydrogens is 360 g/mol. The molecule has 138 valence electrons. The zero-order valence-corrected chi connectivity index (χ0v) is 15.8. The third-order valence-corrected chi connectivity index (χ3v) is 6.25. The van der Waals surface area contributed by atoms with E-state index in [1.807, 2.05) is 55.5 Å². The second-order valence-corrected chi connectivity index (χ2v) is 8.00. The van der Waals surface area contributed by atoms with Crippen molar-refractivity contribution in [1.29, 1.82) is 0 Å². The van der Waals surface area contributed by atoms with Crippen LogP contribution in [0.2, 0.25) is 0 Å². The number of amides is 1. The molecule has 0 radical (unpaired) electrons. The molecular formula is C21H20N2O3S. The summed E-state index contributed by atoms with van der Waals surface area (Å²) in [6.07, 6.45) is 0.729. The van der Waals surface area contributed by atoms with Gasteiger partial charge in [-0.1, -0.05) is 47.7 Å². The zero-order valence-electron chi connectivity index (χ0n) is 15.0. The van der Waals surface area contributed by atoms with Crippen molar-refractivity contribution in [3.05, 3.63) is 59.7 Å². The van der Waals surface area contributed by atoms with Crippen LogP contribution in [0.15, 0.2) is 48.5 Å². The van der Waals surface area contributed by atoms with Gasteiger partial charge < -0.3 is 5.11 Å². The Kier molecular flexibility index (Phi) is 4.44. The van der Waals surface area contributed by atoms with E-state index in [0.29, 0.717) is 24.5 Å². The maximum atomic E-state index is 13.6. The summed E-state index contributed by atoms with van der Waals surface area (Å²) in [7, 11) is 0. The van der Waals surface area contributed by atoms with Gasteiger partial charge in [0.2, 0.25) is 5.91 Å². The number of rotatable bonds is 5. The van der Waals surface area contributed by atoms with Crippen LogP contribution in [0.4, 0.5) is 5.13 Å². The van der Waals surface area contributed by atoms with Gasteiger partial charge in [0, 0.05) is 6.54 Å². The van der Waals surface area contributed by atoms with E-state index in [-0.39, 0.29) is 12.3 Å². The van der Waals surface area contributed by atoms with Crippen LogP contribution < -0.4 is 4.90 Å². The molecule has 1 amide bonds. The van der Waals surface area contributed by atoms with Crippen molar-refractivity contribution in [3.63, 3.8) is 0 Å². The second-order valence-electron chi connectivity index (χ2n) is 6.99. The molecule has 0 saturated heterocycles. The molecule has 3 aromatic rings. The SMILES string of the molecule is CCN(C(=O)C1(CC(=O)O)Cc2ccccc2C1)c1nc2ccccc2s1. The quantitative estimate of drug-likeness (QED) is 0.729. The fourth-order valence-electron chi connectivity index (χ4n) is 3.96. The third kappa shape index (κ3) is 3.10. The largest absolute Gasteiger partial charge is 0.481 e. The van der Waals surface area contributed by atoms with E-state index >= 15 is 0 Å². The molecule has 5 nitrogen and oxygen atoms in total. The molecule has 0 atom stereocenters. The standard InChI is InChI=1S/C21H20N2O3S/c1-2-23(20-22-16-9-5-6-10-17(16)27-20)19(26)21(13-18(24)25)11-14-7-3-4-8-15(14)12-21/h3-10H,2,11-13H2,1H3,(H,24,25). The van der Waals surface area contributed by atoms with Crippen molar-refractivity contribution >= 4 is 38.6 Å². The minimum absolute atomic E-state index is 0.150. The van der Waals surface area contributed by atoms with E-state index in [1.54, 1.807) is 4.90 Å². The van der Waals surface area contributed by atoms with Crippen molar-refractivity contribution < 1.29 is 14.7 Å². The lowest BCUT2D eigenvalue weighted by molar-refractivity contribution is -0.144. The fraction of sp³-hybridized carbons (Fsp3) is 0.286. The summed E-state index contributed by atoms with van der Waals surface area (Å²) in [5.41, 5.74) is 2.02. The summed E-state index contributed by atoms with van der Waals surface area (Å²) in [6, 6.07) is 15.6. The average Bonchev–Trinajstić information content (AvgIpc) is 3.22. The average molecular weight is 380 g/mol. The molecule has 2 aromatic carbocycles. The Morgan fingerprint density at radius 2 is 1.74 bits per heavy atom. The smallest absolute Gasteiger partial charge is 0.304 e. The molecule has 1 aliphatic carbocycles. The number of hydrogen-bond acceptors (Lipinski definition) is 4. The maximum Gasteiger partial charge on any atom is 0.304 e. The first-order valence-corrected chi connectivity index (χ1v) is 9.80. The van der Waals surface area contributed by atoms with Gasteiger partial charge in [-0.15, -0.1) is 0 Å². The first kappa shape index (κ1) is 17.7. The lowest BCUT2D eigenvalue weighted by Crippen LogP contribution is -2.46. The van der Waals surface area contributed by atoms with E-state index in [2.05, 4.69) is 4.98 Å². The van der Waals surface area contributed by atoms with Gasteiger partial charge >= 0.3 is 5.97 Å². The number of nitrogens with zero attached hydrogens (tertiary/aromatic N) is 2. The Hall–Kier alpha value is -2.73. The highest BCUT2D eigenvalue weighted by Crippen LogP contribution is 2.43. The molecule has 1 N–H and O–H groups in total.